The van der Waals surface area contributed by atoms with Crippen molar-refractivity contribution in [3.05, 3.63) is 182 Å². The van der Waals surface area contributed by atoms with Crippen LogP contribution in [-0.2, 0) is 0 Å². The van der Waals surface area contributed by atoms with Gasteiger partial charge in [0.1, 0.15) is 16.7 Å². The Morgan fingerprint density at radius 2 is 0.907 bits per heavy atom. The smallest absolute Gasteiger partial charge is 0.213 e. The van der Waals surface area contributed by atoms with Crippen molar-refractivity contribution >= 4 is 76.7 Å². The van der Waals surface area contributed by atoms with E-state index in [0.29, 0.717) is 0 Å². The first-order chi connectivity index (χ1) is 26.8. The monoisotopic (exact) mass is 690 g/mol. The zero-order valence-electron chi connectivity index (χ0n) is 29.0. The topological polar surface area (TPSA) is 36.1 Å². The Bertz CT molecular complexity index is 3430. The molecule has 8 aromatic carbocycles. The highest BCUT2D eigenvalue weighted by Gasteiger charge is 2.22. The summed E-state index contributed by atoms with van der Waals surface area (Å²) >= 11 is 0. The van der Waals surface area contributed by atoms with Crippen molar-refractivity contribution in [3.63, 3.8) is 0 Å². The summed E-state index contributed by atoms with van der Waals surface area (Å²) < 4.78 is 17.4. The van der Waals surface area contributed by atoms with Gasteiger partial charge in [-0.05, 0) is 95.1 Å². The first-order valence-electron chi connectivity index (χ1n) is 18.3. The molecule has 4 nitrogen and oxygen atoms in total. The normalized spacial score (nSPS) is 12.1. The molecule has 0 saturated heterocycles. The molecule has 0 fully saturated rings. The lowest BCUT2D eigenvalue weighted by molar-refractivity contribution is 0.645. The van der Waals surface area contributed by atoms with E-state index in [2.05, 4.69) is 173 Å². The number of fused-ring (bicyclic) bond motifs is 11. The molecule has 0 aliphatic rings. The van der Waals surface area contributed by atoms with Gasteiger partial charge in [0.25, 0.3) is 0 Å². The molecular formula is C50H30N2O2. The SMILES string of the molecule is c1ccc(-n2c3ccccc3c3c4c(-c5ccc(-n6c7ccccc7c7cc(-c8ccc9oc%10ccccc%10c9c8)ccc76)cc5)cccc4oc32)cc1. The lowest BCUT2D eigenvalue weighted by Gasteiger charge is -2.10. The van der Waals surface area contributed by atoms with Crippen LogP contribution in [-0.4, -0.2) is 9.13 Å². The molecule has 0 spiro atoms. The Labute approximate surface area is 309 Å². The Balaban J connectivity index is 0.997. The molecule has 0 bridgehead atoms. The highest BCUT2D eigenvalue weighted by Crippen LogP contribution is 2.44. The summed E-state index contributed by atoms with van der Waals surface area (Å²) in [5.41, 5.74) is 13.9. The van der Waals surface area contributed by atoms with Crippen LogP contribution in [0, 0.1) is 0 Å². The van der Waals surface area contributed by atoms with Gasteiger partial charge in [0.15, 0.2) is 0 Å². The fraction of sp³-hybridized carbons (Fsp3) is 0. The molecule has 4 heteroatoms. The van der Waals surface area contributed by atoms with E-state index in [-0.39, 0.29) is 0 Å². The average molecular weight is 691 g/mol. The van der Waals surface area contributed by atoms with E-state index in [9.17, 15) is 0 Å². The molecule has 0 unspecified atom stereocenters. The third-order valence-electron chi connectivity index (χ3n) is 11.1. The van der Waals surface area contributed by atoms with E-state index in [0.717, 1.165) is 72.0 Å². The van der Waals surface area contributed by atoms with Crippen molar-refractivity contribution in [1.29, 1.82) is 0 Å². The van der Waals surface area contributed by atoms with Crippen LogP contribution in [0.2, 0.25) is 0 Å². The summed E-state index contributed by atoms with van der Waals surface area (Å²) in [6, 6.07) is 64.8. The zero-order valence-corrected chi connectivity index (χ0v) is 29.0. The second-order valence-electron chi connectivity index (χ2n) is 14.1. The number of benzene rings is 8. The minimum atomic E-state index is 0.865. The summed E-state index contributed by atoms with van der Waals surface area (Å²) in [6.45, 7) is 0. The predicted molar refractivity (Wildman–Crippen MR) is 223 cm³/mol. The van der Waals surface area contributed by atoms with Crippen molar-refractivity contribution in [1.82, 2.24) is 9.13 Å². The number of hydrogen-bond donors (Lipinski definition) is 0. The molecule has 0 aliphatic carbocycles. The standard InChI is InChI=1S/C50H30N2O2/c1-2-11-34(12-3-1)52-43-18-8-5-15-39(43)49-48-36(16-10-20-47(48)54-50(49)52)31-21-25-35(26-22-31)51-42-17-7-4-13-37(42)40-29-32(23-27-44(40)51)33-24-28-46-41(30-33)38-14-6-9-19-45(38)53-46/h1-30H. The van der Waals surface area contributed by atoms with Gasteiger partial charge in [-0.3, -0.25) is 4.57 Å². The maximum atomic E-state index is 6.70. The molecule has 0 aliphatic heterocycles. The van der Waals surface area contributed by atoms with Crippen molar-refractivity contribution in [2.75, 3.05) is 0 Å². The minimum Gasteiger partial charge on any atom is -0.456 e. The lowest BCUT2D eigenvalue weighted by Crippen LogP contribution is -1.93. The van der Waals surface area contributed by atoms with Crippen LogP contribution in [0.1, 0.15) is 0 Å². The number of aromatic nitrogens is 2. The largest absolute Gasteiger partial charge is 0.456 e. The van der Waals surface area contributed by atoms with E-state index in [1.54, 1.807) is 0 Å². The van der Waals surface area contributed by atoms with Gasteiger partial charge in [-0.15, -0.1) is 0 Å². The Morgan fingerprint density at radius 1 is 0.315 bits per heavy atom. The van der Waals surface area contributed by atoms with Gasteiger partial charge in [-0.25, -0.2) is 0 Å². The second kappa shape index (κ2) is 11.1. The van der Waals surface area contributed by atoms with Gasteiger partial charge in [-0.2, -0.15) is 0 Å². The first kappa shape index (κ1) is 29.3. The zero-order chi connectivity index (χ0) is 35.3. The van der Waals surface area contributed by atoms with Gasteiger partial charge in [-0.1, -0.05) is 109 Å². The van der Waals surface area contributed by atoms with Gasteiger partial charge >= 0.3 is 0 Å². The molecule has 12 rings (SSSR count). The highest BCUT2D eigenvalue weighted by molar-refractivity contribution is 6.23. The molecule has 4 aromatic heterocycles. The van der Waals surface area contributed by atoms with E-state index < -0.39 is 0 Å². The summed E-state index contributed by atoms with van der Waals surface area (Å²) in [5, 5.41) is 8.20. The van der Waals surface area contributed by atoms with Crippen LogP contribution in [0.5, 0.6) is 0 Å². The lowest BCUT2D eigenvalue weighted by atomic mass is 9.99. The van der Waals surface area contributed by atoms with Crippen LogP contribution < -0.4 is 0 Å². The summed E-state index contributed by atoms with van der Waals surface area (Å²) in [7, 11) is 0. The van der Waals surface area contributed by atoms with Crippen LogP contribution in [0.15, 0.2) is 191 Å². The molecule has 0 amide bonds. The van der Waals surface area contributed by atoms with E-state index >= 15 is 0 Å². The summed E-state index contributed by atoms with van der Waals surface area (Å²) in [5.74, 6) is 0. The van der Waals surface area contributed by atoms with Crippen molar-refractivity contribution in [2.24, 2.45) is 0 Å². The molecule has 54 heavy (non-hydrogen) atoms. The number of rotatable bonds is 4. The predicted octanol–water partition coefficient (Wildman–Crippen LogP) is 13.9. The molecular weight excluding hydrogens is 661 g/mol. The van der Waals surface area contributed by atoms with Crippen molar-refractivity contribution in [3.8, 4) is 33.6 Å². The fourth-order valence-electron chi connectivity index (χ4n) is 8.73. The van der Waals surface area contributed by atoms with E-state index in [4.69, 9.17) is 8.83 Å². The molecule has 0 atom stereocenters. The molecule has 0 N–H and O–H groups in total. The van der Waals surface area contributed by atoms with Gasteiger partial charge in [0.2, 0.25) is 5.71 Å². The summed E-state index contributed by atoms with van der Waals surface area (Å²) in [6.07, 6.45) is 0. The van der Waals surface area contributed by atoms with Crippen LogP contribution >= 0.6 is 0 Å². The first-order valence-corrected chi connectivity index (χ1v) is 18.3. The average Bonchev–Trinajstić information content (AvgIpc) is 3.98. The quantitative estimate of drug-likeness (QED) is 0.184. The number of para-hydroxylation sites is 4. The van der Waals surface area contributed by atoms with Crippen LogP contribution in [0.25, 0.3) is 110 Å². The maximum absolute atomic E-state index is 6.70. The Morgan fingerprint density at radius 3 is 1.74 bits per heavy atom. The Kier molecular flexibility index (Phi) is 6.02. The summed E-state index contributed by atoms with van der Waals surface area (Å²) in [4.78, 5) is 0. The fourth-order valence-corrected chi connectivity index (χ4v) is 8.73. The molecule has 252 valence electrons. The van der Waals surface area contributed by atoms with E-state index in [1.165, 1.54) is 38.3 Å². The van der Waals surface area contributed by atoms with Crippen molar-refractivity contribution < 1.29 is 8.83 Å². The van der Waals surface area contributed by atoms with Gasteiger partial charge in [0.05, 0.1) is 21.9 Å². The third-order valence-corrected chi connectivity index (χ3v) is 11.1. The molecule has 0 saturated carbocycles. The number of furan rings is 2. The molecule has 0 radical (unpaired) electrons. The Hall–Kier alpha value is -7.30. The van der Waals surface area contributed by atoms with E-state index in [1.807, 2.05) is 18.2 Å². The number of nitrogens with zero attached hydrogens (tertiary/aromatic N) is 2. The second-order valence-corrected chi connectivity index (χ2v) is 14.1. The highest BCUT2D eigenvalue weighted by atomic mass is 16.3. The van der Waals surface area contributed by atoms with Crippen molar-refractivity contribution in [2.45, 2.75) is 0 Å². The minimum absolute atomic E-state index is 0.865. The number of hydrogen-bond acceptors (Lipinski definition) is 2. The van der Waals surface area contributed by atoms with Gasteiger partial charge < -0.3 is 13.4 Å². The van der Waals surface area contributed by atoms with Gasteiger partial charge in [0, 0.05) is 43.7 Å². The molecule has 4 heterocycles. The molecule has 12 aromatic rings. The maximum Gasteiger partial charge on any atom is 0.213 e. The van der Waals surface area contributed by atoms with Crippen LogP contribution in [0.4, 0.5) is 0 Å². The third kappa shape index (κ3) is 4.13. The van der Waals surface area contributed by atoms with Crippen LogP contribution in [0.3, 0.4) is 0 Å².